The summed E-state index contributed by atoms with van der Waals surface area (Å²) in [5.74, 6) is 1.21. The quantitative estimate of drug-likeness (QED) is 0.482. The third-order valence-electron chi connectivity index (χ3n) is 5.79. The third-order valence-corrected chi connectivity index (χ3v) is 6.10. The van der Waals surface area contributed by atoms with E-state index in [1.165, 1.54) is 0 Å². The van der Waals surface area contributed by atoms with Crippen molar-refractivity contribution in [2.75, 3.05) is 0 Å². The molecule has 0 aliphatic heterocycles. The van der Waals surface area contributed by atoms with E-state index in [4.69, 9.17) is 16.1 Å². The normalized spacial score (nSPS) is 14.9. The Balaban J connectivity index is 1.82. The van der Waals surface area contributed by atoms with Gasteiger partial charge in [0, 0.05) is 12.0 Å². The molecule has 152 valence electrons. The maximum Gasteiger partial charge on any atom is 0.278 e. The first-order valence-electron chi connectivity index (χ1n) is 9.99. The lowest BCUT2D eigenvalue weighted by atomic mass is 10.1. The molecular weight excluding hydrogens is 404 g/mol. The van der Waals surface area contributed by atoms with Gasteiger partial charge in [0.1, 0.15) is 17.9 Å². The molecule has 0 spiro atoms. The molecule has 4 aromatic rings. The van der Waals surface area contributed by atoms with Crippen molar-refractivity contribution in [2.24, 2.45) is 0 Å². The standard InChI is InChI=1S/C21H19ClN6O2/c1-11(2)28-17-13(9-23)14(22)7-8-15(17)27-10-24-16(18(27)21(28)29)20-25-19(26-30-20)12-5-3-4-6-12/h7-8,10-12H,3-6H2,1-2H3. The molecule has 0 atom stereocenters. The zero-order valence-electron chi connectivity index (χ0n) is 16.6. The minimum absolute atomic E-state index is 0.199. The van der Waals surface area contributed by atoms with Crippen molar-refractivity contribution >= 4 is 28.2 Å². The molecule has 1 aromatic carbocycles. The van der Waals surface area contributed by atoms with Crippen molar-refractivity contribution in [2.45, 2.75) is 51.5 Å². The molecule has 5 rings (SSSR count). The van der Waals surface area contributed by atoms with Crippen LogP contribution >= 0.6 is 11.6 Å². The molecule has 0 N–H and O–H groups in total. The van der Waals surface area contributed by atoms with Crippen molar-refractivity contribution in [3.05, 3.63) is 45.2 Å². The van der Waals surface area contributed by atoms with Crippen LogP contribution in [-0.4, -0.2) is 24.1 Å². The highest BCUT2D eigenvalue weighted by Crippen LogP contribution is 2.34. The Morgan fingerprint density at radius 2 is 2.03 bits per heavy atom. The molecule has 9 heteroatoms. The highest BCUT2D eigenvalue weighted by atomic mass is 35.5. The van der Waals surface area contributed by atoms with E-state index in [2.05, 4.69) is 21.2 Å². The van der Waals surface area contributed by atoms with Gasteiger partial charge >= 0.3 is 0 Å². The van der Waals surface area contributed by atoms with Crippen LogP contribution < -0.4 is 5.56 Å². The lowest BCUT2D eigenvalue weighted by Gasteiger charge is -2.17. The topological polar surface area (TPSA) is 102 Å². The Hall–Kier alpha value is -3.18. The Kier molecular flexibility index (Phi) is 4.36. The Morgan fingerprint density at radius 3 is 2.73 bits per heavy atom. The first kappa shape index (κ1) is 18.8. The SMILES string of the molecule is CC(C)n1c(=O)c2c(-c3nc(C4CCCC4)no3)ncn2c2ccc(Cl)c(C#N)c21. The number of nitrogens with zero attached hydrogens (tertiary/aromatic N) is 6. The van der Waals surface area contributed by atoms with Crippen molar-refractivity contribution in [1.82, 2.24) is 24.1 Å². The van der Waals surface area contributed by atoms with Gasteiger partial charge in [0.2, 0.25) is 0 Å². The summed E-state index contributed by atoms with van der Waals surface area (Å²) < 4.78 is 8.75. The molecule has 1 aliphatic carbocycles. The number of benzene rings is 1. The van der Waals surface area contributed by atoms with Crippen LogP contribution in [0, 0.1) is 11.3 Å². The molecule has 0 saturated heterocycles. The molecule has 1 aliphatic rings. The fourth-order valence-electron chi connectivity index (χ4n) is 4.38. The number of hydrogen-bond acceptors (Lipinski definition) is 6. The van der Waals surface area contributed by atoms with Gasteiger partial charge in [0.05, 0.1) is 21.6 Å². The maximum absolute atomic E-state index is 13.5. The van der Waals surface area contributed by atoms with Gasteiger partial charge in [-0.25, -0.2) is 4.98 Å². The predicted octanol–water partition coefficient (Wildman–Crippen LogP) is 4.46. The van der Waals surface area contributed by atoms with Crippen molar-refractivity contribution in [3.8, 4) is 17.7 Å². The van der Waals surface area contributed by atoms with Gasteiger partial charge in [-0.2, -0.15) is 10.2 Å². The van der Waals surface area contributed by atoms with E-state index in [9.17, 15) is 10.1 Å². The highest BCUT2D eigenvalue weighted by molar-refractivity contribution is 6.32. The molecular formula is C21H19ClN6O2. The summed E-state index contributed by atoms with van der Waals surface area (Å²) in [6.45, 7) is 3.78. The lowest BCUT2D eigenvalue weighted by Crippen LogP contribution is -2.25. The van der Waals surface area contributed by atoms with Gasteiger partial charge in [-0.1, -0.05) is 29.6 Å². The molecule has 1 fully saturated rings. The van der Waals surface area contributed by atoms with Crippen LogP contribution in [0.1, 0.15) is 62.9 Å². The maximum atomic E-state index is 13.5. The number of rotatable bonds is 3. The van der Waals surface area contributed by atoms with Gasteiger partial charge in [0.15, 0.2) is 11.5 Å². The second kappa shape index (κ2) is 6.96. The zero-order valence-corrected chi connectivity index (χ0v) is 17.3. The summed E-state index contributed by atoms with van der Waals surface area (Å²) in [7, 11) is 0. The summed E-state index contributed by atoms with van der Waals surface area (Å²) >= 11 is 6.25. The van der Waals surface area contributed by atoms with Gasteiger partial charge in [-0.15, -0.1) is 0 Å². The lowest BCUT2D eigenvalue weighted by molar-refractivity contribution is 0.415. The van der Waals surface area contributed by atoms with Gasteiger partial charge in [-0.05, 0) is 38.8 Å². The first-order chi connectivity index (χ1) is 14.5. The van der Waals surface area contributed by atoms with Crippen molar-refractivity contribution < 1.29 is 4.52 Å². The van der Waals surface area contributed by atoms with E-state index in [-0.39, 0.29) is 23.1 Å². The Bertz CT molecular complexity index is 1380. The van der Waals surface area contributed by atoms with Crippen LogP contribution in [0.2, 0.25) is 5.02 Å². The summed E-state index contributed by atoms with van der Waals surface area (Å²) in [6.07, 6.45) is 5.97. The first-order valence-corrected chi connectivity index (χ1v) is 10.4. The fraction of sp³-hybridized carbons (Fsp3) is 0.381. The number of fused-ring (bicyclic) bond motifs is 3. The molecule has 3 heterocycles. The van der Waals surface area contributed by atoms with Crippen molar-refractivity contribution in [3.63, 3.8) is 0 Å². The largest absolute Gasteiger partial charge is 0.332 e. The van der Waals surface area contributed by atoms with Crippen LogP contribution in [0.4, 0.5) is 0 Å². The summed E-state index contributed by atoms with van der Waals surface area (Å²) in [5, 5.41) is 14.1. The van der Waals surface area contributed by atoms with Crippen LogP contribution in [0.5, 0.6) is 0 Å². The molecule has 1 saturated carbocycles. The van der Waals surface area contributed by atoms with Crippen LogP contribution in [-0.2, 0) is 0 Å². The fourth-order valence-corrected chi connectivity index (χ4v) is 4.58. The summed E-state index contributed by atoms with van der Waals surface area (Å²) in [6, 6.07) is 5.37. The van der Waals surface area contributed by atoms with Gasteiger partial charge in [0.25, 0.3) is 11.4 Å². The van der Waals surface area contributed by atoms with Gasteiger partial charge < -0.3 is 9.09 Å². The van der Waals surface area contributed by atoms with Crippen molar-refractivity contribution in [1.29, 1.82) is 5.26 Å². The molecule has 0 radical (unpaired) electrons. The molecule has 30 heavy (non-hydrogen) atoms. The highest BCUT2D eigenvalue weighted by Gasteiger charge is 2.26. The zero-order chi connectivity index (χ0) is 21.0. The third kappa shape index (κ3) is 2.66. The van der Waals surface area contributed by atoms with E-state index in [0.29, 0.717) is 39.0 Å². The molecule has 0 bridgehead atoms. The predicted molar refractivity (Wildman–Crippen MR) is 112 cm³/mol. The van der Waals surface area contributed by atoms with E-state index in [1.54, 1.807) is 27.4 Å². The minimum atomic E-state index is -0.288. The number of hydrogen-bond donors (Lipinski definition) is 0. The smallest absolute Gasteiger partial charge is 0.278 e. The average Bonchev–Trinajstić information content (AvgIpc) is 3.46. The second-order valence-corrected chi connectivity index (χ2v) is 8.33. The molecule has 8 nitrogen and oxygen atoms in total. The number of aromatic nitrogens is 5. The van der Waals surface area contributed by atoms with Gasteiger partial charge in [-0.3, -0.25) is 9.20 Å². The van der Waals surface area contributed by atoms with E-state index in [0.717, 1.165) is 25.7 Å². The molecule has 0 amide bonds. The number of halogens is 1. The summed E-state index contributed by atoms with van der Waals surface area (Å²) in [5.41, 5.74) is 1.81. The monoisotopic (exact) mass is 422 g/mol. The second-order valence-electron chi connectivity index (χ2n) is 7.92. The average molecular weight is 423 g/mol. The Labute approximate surface area is 176 Å². The number of nitriles is 1. The van der Waals surface area contributed by atoms with Crippen LogP contribution in [0.3, 0.4) is 0 Å². The van der Waals surface area contributed by atoms with E-state index >= 15 is 0 Å². The Morgan fingerprint density at radius 1 is 1.27 bits per heavy atom. The van der Waals surface area contributed by atoms with E-state index in [1.807, 2.05) is 13.8 Å². The number of imidazole rings is 1. The minimum Gasteiger partial charge on any atom is -0.332 e. The summed E-state index contributed by atoms with van der Waals surface area (Å²) in [4.78, 5) is 22.5. The molecule has 3 aromatic heterocycles. The van der Waals surface area contributed by atoms with Crippen LogP contribution in [0.15, 0.2) is 27.8 Å². The van der Waals surface area contributed by atoms with E-state index < -0.39 is 0 Å². The molecule has 0 unspecified atom stereocenters. The van der Waals surface area contributed by atoms with Crippen LogP contribution in [0.25, 0.3) is 28.1 Å².